The van der Waals surface area contributed by atoms with Gasteiger partial charge in [-0.3, -0.25) is 0 Å². The maximum absolute atomic E-state index is 5.42. The maximum atomic E-state index is 5.42. The molecule has 1 fully saturated rings. The fourth-order valence-electron chi connectivity index (χ4n) is 2.76. The highest BCUT2D eigenvalue weighted by Crippen LogP contribution is 2.37. The van der Waals surface area contributed by atoms with Crippen LogP contribution >= 0.6 is 11.3 Å². The second-order valence-electron chi connectivity index (χ2n) is 5.11. The summed E-state index contributed by atoms with van der Waals surface area (Å²) in [6, 6.07) is 0. The molecule has 0 saturated carbocycles. The van der Waals surface area contributed by atoms with E-state index >= 15 is 0 Å². The van der Waals surface area contributed by atoms with Crippen molar-refractivity contribution < 1.29 is 4.74 Å². The number of ether oxygens (including phenoxy) is 1. The van der Waals surface area contributed by atoms with Crippen molar-refractivity contribution in [3.05, 3.63) is 17.8 Å². The van der Waals surface area contributed by atoms with Crippen molar-refractivity contribution in [2.75, 3.05) is 31.2 Å². The SMILES string of the molecule is Cc1nc(C)c2c(n1)sc1c(N3CCOCC3)ncnc12. The molecule has 108 valence electrons. The first-order valence-electron chi connectivity index (χ1n) is 6.95. The van der Waals surface area contributed by atoms with E-state index in [1.54, 1.807) is 17.7 Å². The molecular formula is C14H15N5OS. The molecule has 21 heavy (non-hydrogen) atoms. The lowest BCUT2D eigenvalue weighted by atomic mass is 10.2. The van der Waals surface area contributed by atoms with Crippen molar-refractivity contribution in [3.63, 3.8) is 0 Å². The Bertz CT molecular complexity index is 825. The fraction of sp³-hybridized carbons (Fsp3) is 0.429. The quantitative estimate of drug-likeness (QED) is 0.686. The van der Waals surface area contributed by atoms with E-state index in [-0.39, 0.29) is 0 Å². The summed E-state index contributed by atoms with van der Waals surface area (Å²) in [5.74, 6) is 1.79. The molecule has 0 aromatic carbocycles. The Labute approximate surface area is 125 Å². The van der Waals surface area contributed by atoms with Gasteiger partial charge < -0.3 is 9.64 Å². The number of thiophene rings is 1. The topological polar surface area (TPSA) is 64.0 Å². The summed E-state index contributed by atoms with van der Waals surface area (Å²) in [7, 11) is 0. The van der Waals surface area contributed by atoms with E-state index in [2.05, 4.69) is 24.8 Å². The van der Waals surface area contributed by atoms with Gasteiger partial charge in [-0.15, -0.1) is 11.3 Å². The summed E-state index contributed by atoms with van der Waals surface area (Å²) in [5.41, 5.74) is 1.94. The second-order valence-corrected chi connectivity index (χ2v) is 6.11. The lowest BCUT2D eigenvalue weighted by Crippen LogP contribution is -2.36. The van der Waals surface area contributed by atoms with Crippen molar-refractivity contribution in [1.82, 2.24) is 19.9 Å². The van der Waals surface area contributed by atoms with Gasteiger partial charge in [0.25, 0.3) is 0 Å². The zero-order valence-corrected chi connectivity index (χ0v) is 12.8. The van der Waals surface area contributed by atoms with Gasteiger partial charge in [0, 0.05) is 13.1 Å². The van der Waals surface area contributed by atoms with Gasteiger partial charge in [-0.05, 0) is 13.8 Å². The van der Waals surface area contributed by atoms with Crippen LogP contribution in [0, 0.1) is 13.8 Å². The average Bonchev–Trinajstić information content (AvgIpc) is 2.86. The zero-order valence-electron chi connectivity index (χ0n) is 12.0. The lowest BCUT2D eigenvalue weighted by Gasteiger charge is -2.27. The predicted octanol–water partition coefficient (Wildman–Crippen LogP) is 2.09. The third kappa shape index (κ3) is 2.04. The molecular weight excluding hydrogens is 286 g/mol. The average molecular weight is 301 g/mol. The highest BCUT2D eigenvalue weighted by atomic mass is 32.1. The first kappa shape index (κ1) is 12.8. The number of aryl methyl sites for hydroxylation is 2. The number of hydrogen-bond acceptors (Lipinski definition) is 7. The Kier molecular flexibility index (Phi) is 2.97. The molecule has 4 rings (SSSR count). The third-order valence-electron chi connectivity index (χ3n) is 3.70. The molecule has 0 bridgehead atoms. The van der Waals surface area contributed by atoms with E-state index in [1.807, 2.05) is 13.8 Å². The summed E-state index contributed by atoms with van der Waals surface area (Å²) in [6.07, 6.45) is 1.64. The van der Waals surface area contributed by atoms with Crippen LogP contribution in [0.4, 0.5) is 5.82 Å². The Morgan fingerprint density at radius 2 is 1.95 bits per heavy atom. The largest absolute Gasteiger partial charge is 0.378 e. The minimum Gasteiger partial charge on any atom is -0.378 e. The number of fused-ring (bicyclic) bond motifs is 3. The van der Waals surface area contributed by atoms with Crippen molar-refractivity contribution in [2.24, 2.45) is 0 Å². The molecule has 3 aromatic rings. The first-order valence-corrected chi connectivity index (χ1v) is 7.77. The number of anilines is 1. The summed E-state index contributed by atoms with van der Waals surface area (Å²) < 4.78 is 6.52. The van der Waals surface area contributed by atoms with Gasteiger partial charge in [-0.2, -0.15) is 0 Å². The Morgan fingerprint density at radius 1 is 1.14 bits per heavy atom. The molecule has 1 aliphatic rings. The molecule has 0 aliphatic carbocycles. The number of rotatable bonds is 1. The monoisotopic (exact) mass is 301 g/mol. The molecule has 3 aromatic heterocycles. The van der Waals surface area contributed by atoms with E-state index < -0.39 is 0 Å². The molecule has 0 amide bonds. The third-order valence-corrected chi connectivity index (χ3v) is 4.77. The lowest BCUT2D eigenvalue weighted by molar-refractivity contribution is 0.122. The Hall–Kier alpha value is -1.86. The van der Waals surface area contributed by atoms with E-state index in [4.69, 9.17) is 4.74 Å². The second kappa shape index (κ2) is 4.85. The fourth-order valence-corrected chi connectivity index (χ4v) is 4.00. The van der Waals surface area contributed by atoms with E-state index in [9.17, 15) is 0 Å². The molecule has 1 saturated heterocycles. The van der Waals surface area contributed by atoms with E-state index in [0.29, 0.717) is 0 Å². The normalized spacial score (nSPS) is 16.0. The van der Waals surface area contributed by atoms with Crippen LogP contribution in [0.5, 0.6) is 0 Å². The van der Waals surface area contributed by atoms with Crippen LogP contribution in [0.1, 0.15) is 11.5 Å². The van der Waals surface area contributed by atoms with Gasteiger partial charge in [0.1, 0.15) is 22.8 Å². The summed E-state index contributed by atoms with van der Waals surface area (Å²) >= 11 is 1.65. The van der Waals surface area contributed by atoms with Gasteiger partial charge in [0.05, 0.1) is 34.5 Å². The zero-order chi connectivity index (χ0) is 14.4. The molecule has 4 heterocycles. The predicted molar refractivity (Wildman–Crippen MR) is 83.0 cm³/mol. The van der Waals surface area contributed by atoms with Gasteiger partial charge in [0.15, 0.2) is 0 Å². The van der Waals surface area contributed by atoms with Gasteiger partial charge in [-0.25, -0.2) is 19.9 Å². The molecule has 1 aliphatic heterocycles. The van der Waals surface area contributed by atoms with Crippen LogP contribution in [-0.4, -0.2) is 46.2 Å². The number of morpholine rings is 1. The first-order chi connectivity index (χ1) is 10.2. The van der Waals surface area contributed by atoms with Crippen molar-refractivity contribution in [3.8, 4) is 0 Å². The van der Waals surface area contributed by atoms with Crippen LogP contribution < -0.4 is 4.90 Å². The highest BCUT2D eigenvalue weighted by molar-refractivity contribution is 7.26. The molecule has 0 spiro atoms. The van der Waals surface area contributed by atoms with Crippen molar-refractivity contribution in [1.29, 1.82) is 0 Å². The molecule has 0 atom stereocenters. The summed E-state index contributed by atoms with van der Waals surface area (Å²) in [4.78, 5) is 21.3. The van der Waals surface area contributed by atoms with E-state index in [0.717, 1.165) is 64.1 Å². The standard InChI is InChI=1S/C14H15N5OS/c1-8-10-11-12(21-14(10)18-9(2)17-8)13(16-7-15-11)19-3-5-20-6-4-19/h7H,3-6H2,1-2H3. The van der Waals surface area contributed by atoms with Crippen LogP contribution in [-0.2, 0) is 4.74 Å². The molecule has 0 unspecified atom stereocenters. The Balaban J connectivity index is 1.99. The number of hydrogen-bond donors (Lipinski definition) is 0. The van der Waals surface area contributed by atoms with Crippen LogP contribution in [0.2, 0.25) is 0 Å². The maximum Gasteiger partial charge on any atom is 0.150 e. The highest BCUT2D eigenvalue weighted by Gasteiger charge is 2.20. The number of aromatic nitrogens is 4. The van der Waals surface area contributed by atoms with Crippen LogP contribution in [0.25, 0.3) is 20.4 Å². The van der Waals surface area contributed by atoms with Crippen LogP contribution in [0.3, 0.4) is 0 Å². The van der Waals surface area contributed by atoms with E-state index in [1.165, 1.54) is 0 Å². The Morgan fingerprint density at radius 3 is 2.76 bits per heavy atom. The molecule has 6 nitrogen and oxygen atoms in total. The minimum absolute atomic E-state index is 0.744. The summed E-state index contributed by atoms with van der Waals surface area (Å²) in [6.45, 7) is 7.15. The molecule has 0 radical (unpaired) electrons. The minimum atomic E-state index is 0.744. The molecule has 7 heteroatoms. The van der Waals surface area contributed by atoms with Crippen molar-refractivity contribution >= 4 is 37.6 Å². The van der Waals surface area contributed by atoms with Gasteiger partial charge in [0.2, 0.25) is 0 Å². The van der Waals surface area contributed by atoms with Crippen molar-refractivity contribution in [2.45, 2.75) is 13.8 Å². The number of nitrogens with zero attached hydrogens (tertiary/aromatic N) is 5. The van der Waals surface area contributed by atoms with Gasteiger partial charge in [-0.1, -0.05) is 0 Å². The summed E-state index contributed by atoms with van der Waals surface area (Å²) in [5, 5.41) is 1.05. The van der Waals surface area contributed by atoms with Gasteiger partial charge >= 0.3 is 0 Å². The smallest absolute Gasteiger partial charge is 0.150 e. The van der Waals surface area contributed by atoms with Crippen LogP contribution in [0.15, 0.2) is 6.33 Å². The molecule has 0 N–H and O–H groups in total.